The van der Waals surface area contributed by atoms with E-state index in [-0.39, 0.29) is 5.91 Å². The second-order valence-electron chi connectivity index (χ2n) is 5.71. The molecule has 26 heavy (non-hydrogen) atoms. The van der Waals surface area contributed by atoms with E-state index in [0.29, 0.717) is 12.2 Å². The fraction of sp³-hybridized carbons (Fsp3) is 0.105. The standard InChI is InChI=1S/C19H16N4OS2/c1-13-20-11-17(22-18(24)10-15-8-5-9-25-15)23(13)19-21-16(12-26-19)14-6-3-2-4-7-14/h2-9,11-12H,10H2,1H3,(H,22,24). The molecule has 1 aromatic carbocycles. The summed E-state index contributed by atoms with van der Waals surface area (Å²) >= 11 is 3.10. The first-order valence-corrected chi connectivity index (χ1v) is 9.84. The molecule has 130 valence electrons. The van der Waals surface area contributed by atoms with Crippen LogP contribution in [-0.4, -0.2) is 20.4 Å². The van der Waals surface area contributed by atoms with Crippen LogP contribution in [0.5, 0.6) is 0 Å². The fourth-order valence-electron chi connectivity index (χ4n) is 2.64. The van der Waals surface area contributed by atoms with Crippen LogP contribution in [0.4, 0.5) is 5.82 Å². The number of thiophene rings is 1. The summed E-state index contributed by atoms with van der Waals surface area (Å²) in [5.41, 5.74) is 1.98. The van der Waals surface area contributed by atoms with Gasteiger partial charge >= 0.3 is 0 Å². The summed E-state index contributed by atoms with van der Waals surface area (Å²) in [4.78, 5) is 22.4. The van der Waals surface area contributed by atoms with Crippen molar-refractivity contribution in [3.63, 3.8) is 0 Å². The van der Waals surface area contributed by atoms with Gasteiger partial charge in [-0.05, 0) is 18.4 Å². The van der Waals surface area contributed by atoms with E-state index in [0.717, 1.165) is 27.1 Å². The molecule has 0 aliphatic rings. The number of carbonyl (C=O) groups excluding carboxylic acids is 1. The Bertz CT molecular complexity index is 1020. The highest BCUT2D eigenvalue weighted by molar-refractivity contribution is 7.12. The second kappa shape index (κ2) is 7.23. The van der Waals surface area contributed by atoms with Crippen LogP contribution in [0, 0.1) is 6.92 Å². The number of anilines is 1. The molecular formula is C19H16N4OS2. The number of hydrogen-bond acceptors (Lipinski definition) is 5. The Morgan fingerprint density at radius 1 is 1.15 bits per heavy atom. The van der Waals surface area contributed by atoms with Gasteiger partial charge in [0.2, 0.25) is 5.91 Å². The summed E-state index contributed by atoms with van der Waals surface area (Å²) < 4.78 is 1.88. The van der Waals surface area contributed by atoms with Gasteiger partial charge in [-0.3, -0.25) is 9.36 Å². The molecular weight excluding hydrogens is 364 g/mol. The van der Waals surface area contributed by atoms with E-state index in [1.165, 1.54) is 11.3 Å². The number of amides is 1. The number of nitrogens with zero attached hydrogens (tertiary/aromatic N) is 3. The summed E-state index contributed by atoms with van der Waals surface area (Å²) in [7, 11) is 0. The summed E-state index contributed by atoms with van der Waals surface area (Å²) in [6.07, 6.45) is 2.03. The molecule has 0 fully saturated rings. The van der Waals surface area contributed by atoms with Crippen LogP contribution in [-0.2, 0) is 11.2 Å². The Balaban J connectivity index is 1.59. The molecule has 0 unspecified atom stereocenters. The zero-order valence-corrected chi connectivity index (χ0v) is 15.7. The van der Waals surface area contributed by atoms with Gasteiger partial charge in [0.1, 0.15) is 11.6 Å². The lowest BCUT2D eigenvalue weighted by Gasteiger charge is -2.08. The number of benzene rings is 1. The van der Waals surface area contributed by atoms with Crippen molar-refractivity contribution >= 4 is 34.4 Å². The molecule has 3 aromatic heterocycles. The predicted octanol–water partition coefficient (Wildman–Crippen LogP) is 4.55. The number of imidazole rings is 1. The van der Waals surface area contributed by atoms with Crippen molar-refractivity contribution in [1.82, 2.24) is 14.5 Å². The van der Waals surface area contributed by atoms with E-state index in [1.54, 1.807) is 17.5 Å². The minimum absolute atomic E-state index is 0.0616. The normalized spacial score (nSPS) is 10.8. The van der Waals surface area contributed by atoms with Crippen LogP contribution in [0.25, 0.3) is 16.4 Å². The third-order valence-electron chi connectivity index (χ3n) is 3.87. The maximum atomic E-state index is 12.3. The number of rotatable bonds is 5. The van der Waals surface area contributed by atoms with Crippen molar-refractivity contribution in [1.29, 1.82) is 0 Å². The molecule has 0 atom stereocenters. The van der Waals surface area contributed by atoms with Crippen LogP contribution in [0.15, 0.2) is 59.4 Å². The average Bonchev–Trinajstić information content (AvgIpc) is 3.38. The highest BCUT2D eigenvalue weighted by atomic mass is 32.1. The molecule has 5 nitrogen and oxygen atoms in total. The molecule has 3 heterocycles. The van der Waals surface area contributed by atoms with E-state index in [1.807, 2.05) is 64.7 Å². The SMILES string of the molecule is Cc1ncc(NC(=O)Cc2cccs2)n1-c1nc(-c2ccccc2)cs1. The lowest BCUT2D eigenvalue weighted by atomic mass is 10.2. The zero-order chi connectivity index (χ0) is 17.9. The summed E-state index contributed by atoms with van der Waals surface area (Å²) in [6.45, 7) is 1.90. The minimum Gasteiger partial charge on any atom is -0.310 e. The highest BCUT2D eigenvalue weighted by Crippen LogP contribution is 2.27. The third-order valence-corrected chi connectivity index (χ3v) is 5.58. The molecule has 0 radical (unpaired) electrons. The summed E-state index contributed by atoms with van der Waals surface area (Å²) in [5, 5.41) is 7.72. The van der Waals surface area contributed by atoms with Gasteiger partial charge in [-0.1, -0.05) is 36.4 Å². The van der Waals surface area contributed by atoms with Gasteiger partial charge in [0, 0.05) is 15.8 Å². The second-order valence-corrected chi connectivity index (χ2v) is 7.58. The number of aromatic nitrogens is 3. The van der Waals surface area contributed by atoms with Crippen molar-refractivity contribution in [3.05, 3.63) is 70.1 Å². The van der Waals surface area contributed by atoms with Gasteiger partial charge in [0.25, 0.3) is 0 Å². The quantitative estimate of drug-likeness (QED) is 0.553. The van der Waals surface area contributed by atoms with E-state index >= 15 is 0 Å². The lowest BCUT2D eigenvalue weighted by molar-refractivity contribution is -0.115. The Kier molecular flexibility index (Phi) is 4.64. The number of nitrogens with one attached hydrogen (secondary N) is 1. The summed E-state index contributed by atoms with van der Waals surface area (Å²) in [6, 6.07) is 13.9. The van der Waals surface area contributed by atoms with Crippen LogP contribution >= 0.6 is 22.7 Å². The molecule has 0 saturated heterocycles. The minimum atomic E-state index is -0.0616. The Morgan fingerprint density at radius 3 is 2.77 bits per heavy atom. The molecule has 0 spiro atoms. The first-order valence-electron chi connectivity index (χ1n) is 8.08. The van der Waals surface area contributed by atoms with Crippen LogP contribution in [0.3, 0.4) is 0 Å². The average molecular weight is 380 g/mol. The van der Waals surface area contributed by atoms with Crippen molar-refractivity contribution in [3.8, 4) is 16.4 Å². The maximum absolute atomic E-state index is 12.3. The monoisotopic (exact) mass is 380 g/mol. The van der Waals surface area contributed by atoms with Gasteiger partial charge in [-0.25, -0.2) is 9.97 Å². The van der Waals surface area contributed by atoms with Crippen molar-refractivity contribution in [2.45, 2.75) is 13.3 Å². The molecule has 4 aromatic rings. The highest BCUT2D eigenvalue weighted by Gasteiger charge is 2.15. The van der Waals surface area contributed by atoms with E-state index in [2.05, 4.69) is 10.3 Å². The zero-order valence-electron chi connectivity index (χ0n) is 14.0. The molecule has 7 heteroatoms. The molecule has 0 bridgehead atoms. The largest absolute Gasteiger partial charge is 0.310 e. The predicted molar refractivity (Wildman–Crippen MR) is 106 cm³/mol. The Hall–Kier alpha value is -2.77. The first-order chi connectivity index (χ1) is 12.7. The molecule has 4 rings (SSSR count). The number of thiazole rings is 1. The van der Waals surface area contributed by atoms with Crippen LogP contribution in [0.1, 0.15) is 10.7 Å². The van der Waals surface area contributed by atoms with Crippen molar-refractivity contribution in [2.75, 3.05) is 5.32 Å². The van der Waals surface area contributed by atoms with Crippen LogP contribution < -0.4 is 5.32 Å². The smallest absolute Gasteiger partial charge is 0.230 e. The number of carbonyl (C=O) groups is 1. The fourth-order valence-corrected chi connectivity index (χ4v) is 4.24. The summed E-state index contributed by atoms with van der Waals surface area (Å²) in [5.74, 6) is 1.36. The molecule has 0 aliphatic heterocycles. The third kappa shape index (κ3) is 3.44. The molecule has 0 aliphatic carbocycles. The molecule has 1 amide bonds. The molecule has 0 saturated carbocycles. The van der Waals surface area contributed by atoms with Gasteiger partial charge in [0.15, 0.2) is 5.13 Å². The van der Waals surface area contributed by atoms with E-state index in [4.69, 9.17) is 4.98 Å². The van der Waals surface area contributed by atoms with Gasteiger partial charge in [-0.15, -0.1) is 22.7 Å². The van der Waals surface area contributed by atoms with E-state index in [9.17, 15) is 4.79 Å². The number of hydrogen-bond donors (Lipinski definition) is 1. The Labute approximate surface area is 159 Å². The Morgan fingerprint density at radius 2 is 2.00 bits per heavy atom. The van der Waals surface area contributed by atoms with Crippen LogP contribution in [0.2, 0.25) is 0 Å². The van der Waals surface area contributed by atoms with Gasteiger partial charge in [-0.2, -0.15) is 0 Å². The van der Waals surface area contributed by atoms with Crippen molar-refractivity contribution < 1.29 is 4.79 Å². The van der Waals surface area contributed by atoms with Gasteiger partial charge in [0.05, 0.1) is 18.3 Å². The first kappa shape index (κ1) is 16.7. The van der Waals surface area contributed by atoms with E-state index < -0.39 is 0 Å². The topological polar surface area (TPSA) is 59.8 Å². The van der Waals surface area contributed by atoms with Crippen molar-refractivity contribution in [2.24, 2.45) is 0 Å². The molecule has 1 N–H and O–H groups in total. The number of aryl methyl sites for hydroxylation is 1. The maximum Gasteiger partial charge on any atom is 0.230 e. The lowest BCUT2D eigenvalue weighted by Crippen LogP contribution is -2.16. The van der Waals surface area contributed by atoms with Gasteiger partial charge < -0.3 is 5.32 Å².